The fourth-order valence-corrected chi connectivity index (χ4v) is 2.42. The Kier molecular flexibility index (Phi) is 3.69. The van der Waals surface area contributed by atoms with Gasteiger partial charge >= 0.3 is 0 Å². The molecule has 18 heavy (non-hydrogen) atoms. The van der Waals surface area contributed by atoms with Crippen LogP contribution in [-0.4, -0.2) is 21.1 Å². The maximum absolute atomic E-state index is 12.1. The number of fused-ring (bicyclic) bond motifs is 1. The van der Waals surface area contributed by atoms with E-state index in [2.05, 4.69) is 4.40 Å². The van der Waals surface area contributed by atoms with Crippen LogP contribution in [0.2, 0.25) is 0 Å². The Morgan fingerprint density at radius 1 is 1.33 bits per heavy atom. The number of para-hydroxylation sites is 1. The number of nitrogens with zero attached hydrogens (tertiary/aromatic N) is 1. The molecule has 0 N–H and O–H groups in total. The van der Waals surface area contributed by atoms with Gasteiger partial charge in [-0.3, -0.25) is 0 Å². The second-order valence-electron chi connectivity index (χ2n) is 5.53. The van der Waals surface area contributed by atoms with Crippen LogP contribution >= 0.6 is 0 Å². The summed E-state index contributed by atoms with van der Waals surface area (Å²) in [5, 5.41) is 0. The molecule has 1 aromatic rings. The molecule has 1 aliphatic rings. The molecule has 4 heteroatoms. The number of hydrogen-bond donors (Lipinski definition) is 0. The molecule has 3 nitrogen and oxygen atoms in total. The predicted molar refractivity (Wildman–Crippen MR) is 75.6 cm³/mol. The van der Waals surface area contributed by atoms with E-state index in [-0.39, 0.29) is 10.9 Å². The van der Waals surface area contributed by atoms with Gasteiger partial charge in [-0.05, 0) is 39.8 Å². The molecule has 1 heterocycles. The minimum Gasteiger partial charge on any atom is -0.591 e. The third-order valence-electron chi connectivity index (χ3n) is 2.72. The summed E-state index contributed by atoms with van der Waals surface area (Å²) in [5.41, 5.74) is 1.85. The largest absolute Gasteiger partial charge is 0.591 e. The molecule has 1 aromatic carbocycles. The Bertz CT molecular complexity index is 465. The maximum atomic E-state index is 12.1. The van der Waals surface area contributed by atoms with Gasteiger partial charge in [0.05, 0.1) is 0 Å². The van der Waals surface area contributed by atoms with Crippen molar-refractivity contribution < 1.29 is 9.29 Å². The number of hydrogen-bond acceptors (Lipinski definition) is 3. The van der Waals surface area contributed by atoms with Gasteiger partial charge in [0.1, 0.15) is 33.7 Å². The first-order valence-corrected chi connectivity index (χ1v) is 7.24. The highest BCUT2D eigenvalue weighted by Gasteiger charge is 2.30. The lowest BCUT2D eigenvalue weighted by molar-refractivity contribution is 0.222. The molecule has 0 aliphatic carbocycles. The summed E-state index contributed by atoms with van der Waals surface area (Å²) in [6.45, 7) is 7.80. The summed E-state index contributed by atoms with van der Waals surface area (Å²) in [5.74, 6) is 0.834. The normalized spacial score (nSPS) is 23.4. The predicted octanol–water partition coefficient (Wildman–Crippen LogP) is 3.11. The van der Waals surface area contributed by atoms with Gasteiger partial charge in [0.25, 0.3) is 0 Å². The van der Waals surface area contributed by atoms with E-state index in [1.165, 1.54) is 0 Å². The van der Waals surface area contributed by atoms with E-state index in [4.69, 9.17) is 4.74 Å². The van der Waals surface area contributed by atoms with Crippen molar-refractivity contribution in [2.75, 3.05) is 0 Å². The van der Waals surface area contributed by atoms with Gasteiger partial charge in [0, 0.05) is 12.0 Å². The minimum absolute atomic E-state index is 0.0793. The summed E-state index contributed by atoms with van der Waals surface area (Å²) >= 11 is -1.22. The van der Waals surface area contributed by atoms with Crippen LogP contribution in [0.15, 0.2) is 28.7 Å². The molecule has 0 spiro atoms. The lowest BCUT2D eigenvalue weighted by Gasteiger charge is -2.25. The standard InChI is InChI=1S/C14H19NO2S/c1-10-9-12(15-18(16)14(2,3)4)11-7-5-6-8-13(11)17-10/h5-8,10H,9H2,1-4H3/b15-12+/t10-,18-/m1/s1. The molecule has 0 saturated heterocycles. The highest BCUT2D eigenvalue weighted by atomic mass is 32.2. The van der Waals surface area contributed by atoms with Crippen LogP contribution in [-0.2, 0) is 11.4 Å². The minimum atomic E-state index is -1.22. The monoisotopic (exact) mass is 265 g/mol. The zero-order valence-electron chi connectivity index (χ0n) is 11.3. The zero-order chi connectivity index (χ0) is 13.3. The van der Waals surface area contributed by atoms with Crippen LogP contribution in [0.5, 0.6) is 5.75 Å². The number of rotatable bonds is 1. The van der Waals surface area contributed by atoms with E-state index in [0.29, 0.717) is 6.42 Å². The smallest absolute Gasteiger partial charge is 0.144 e. The Hall–Kier alpha value is -1.00. The molecule has 0 saturated carbocycles. The van der Waals surface area contributed by atoms with E-state index in [9.17, 15) is 4.55 Å². The summed E-state index contributed by atoms with van der Waals surface area (Å²) in [6.07, 6.45) is 0.786. The van der Waals surface area contributed by atoms with Crippen molar-refractivity contribution in [3.63, 3.8) is 0 Å². The van der Waals surface area contributed by atoms with Crippen LogP contribution in [0.3, 0.4) is 0 Å². The van der Waals surface area contributed by atoms with Gasteiger partial charge in [-0.1, -0.05) is 16.5 Å². The molecular weight excluding hydrogens is 246 g/mol. The van der Waals surface area contributed by atoms with E-state index in [1.54, 1.807) is 0 Å². The van der Waals surface area contributed by atoms with E-state index in [1.807, 2.05) is 52.0 Å². The van der Waals surface area contributed by atoms with Gasteiger partial charge in [-0.15, -0.1) is 0 Å². The molecular formula is C14H19NO2S. The summed E-state index contributed by atoms with van der Waals surface area (Å²) in [6, 6.07) is 7.79. The van der Waals surface area contributed by atoms with E-state index in [0.717, 1.165) is 17.0 Å². The van der Waals surface area contributed by atoms with Crippen molar-refractivity contribution in [1.82, 2.24) is 0 Å². The molecule has 0 radical (unpaired) electrons. The first-order valence-electron chi connectivity index (χ1n) is 6.13. The van der Waals surface area contributed by atoms with Gasteiger partial charge in [-0.25, -0.2) is 0 Å². The van der Waals surface area contributed by atoms with E-state index >= 15 is 0 Å². The van der Waals surface area contributed by atoms with Crippen LogP contribution in [0.25, 0.3) is 0 Å². The fourth-order valence-electron chi connectivity index (χ4n) is 1.77. The average molecular weight is 265 g/mol. The van der Waals surface area contributed by atoms with Crippen LogP contribution in [0.1, 0.15) is 39.7 Å². The molecule has 0 amide bonds. The molecule has 98 valence electrons. The molecule has 0 fully saturated rings. The molecule has 0 unspecified atom stereocenters. The van der Waals surface area contributed by atoms with Crippen molar-refractivity contribution in [2.45, 2.75) is 45.0 Å². The molecule has 1 aliphatic heterocycles. The molecule has 2 atom stereocenters. The van der Waals surface area contributed by atoms with Crippen molar-refractivity contribution in [1.29, 1.82) is 0 Å². The highest BCUT2D eigenvalue weighted by Crippen LogP contribution is 2.29. The Labute approximate surface area is 112 Å². The second kappa shape index (κ2) is 4.94. The fraction of sp³-hybridized carbons (Fsp3) is 0.500. The van der Waals surface area contributed by atoms with Crippen molar-refractivity contribution in [3.8, 4) is 5.75 Å². The van der Waals surface area contributed by atoms with Crippen LogP contribution < -0.4 is 4.74 Å². The lowest BCUT2D eigenvalue weighted by Crippen LogP contribution is -2.30. The summed E-state index contributed by atoms with van der Waals surface area (Å²) in [7, 11) is 0. The third kappa shape index (κ3) is 2.87. The first kappa shape index (κ1) is 13.4. The van der Waals surface area contributed by atoms with Crippen LogP contribution in [0, 0.1) is 0 Å². The lowest BCUT2D eigenvalue weighted by atomic mass is 10.0. The van der Waals surface area contributed by atoms with Gasteiger partial charge in [-0.2, -0.15) is 0 Å². The van der Waals surface area contributed by atoms with Crippen molar-refractivity contribution in [3.05, 3.63) is 29.8 Å². The first-order chi connectivity index (χ1) is 8.38. The molecule has 0 bridgehead atoms. The Morgan fingerprint density at radius 2 is 2.00 bits per heavy atom. The topological polar surface area (TPSA) is 44.7 Å². The average Bonchev–Trinajstić information content (AvgIpc) is 2.27. The Balaban J connectivity index is 2.37. The summed E-state index contributed by atoms with van der Waals surface area (Å²) in [4.78, 5) is 0. The highest BCUT2D eigenvalue weighted by molar-refractivity contribution is 7.91. The van der Waals surface area contributed by atoms with Gasteiger partial charge in [0.15, 0.2) is 0 Å². The quantitative estimate of drug-likeness (QED) is 0.732. The van der Waals surface area contributed by atoms with Crippen LogP contribution in [0.4, 0.5) is 0 Å². The Morgan fingerprint density at radius 3 is 2.67 bits per heavy atom. The zero-order valence-corrected chi connectivity index (χ0v) is 12.1. The molecule has 2 rings (SSSR count). The van der Waals surface area contributed by atoms with Crippen molar-refractivity contribution in [2.24, 2.45) is 4.40 Å². The van der Waals surface area contributed by atoms with Crippen molar-refractivity contribution >= 4 is 17.1 Å². The third-order valence-corrected chi connectivity index (χ3v) is 4.16. The second-order valence-corrected chi connectivity index (χ2v) is 7.43. The summed E-state index contributed by atoms with van der Waals surface area (Å²) < 4.78 is 22.0. The SMILES string of the molecule is C[C@@H]1C/C(=N\[S@+]([O-])C(C)(C)C)c2ccccc2O1. The van der Waals surface area contributed by atoms with Gasteiger partial charge in [0.2, 0.25) is 0 Å². The van der Waals surface area contributed by atoms with Gasteiger partial charge < -0.3 is 9.29 Å². The number of ether oxygens (including phenoxy) is 1. The maximum Gasteiger partial charge on any atom is 0.144 e. The molecule has 0 aromatic heterocycles. The van der Waals surface area contributed by atoms with E-state index < -0.39 is 11.4 Å². The number of benzene rings is 1.